The van der Waals surface area contributed by atoms with Crippen LogP contribution >= 0.6 is 0 Å². The van der Waals surface area contributed by atoms with Gasteiger partial charge in [0.2, 0.25) is 0 Å². The predicted molar refractivity (Wildman–Crippen MR) is 97.1 cm³/mol. The highest BCUT2D eigenvalue weighted by molar-refractivity contribution is 5.92. The van der Waals surface area contributed by atoms with Crippen molar-refractivity contribution in [1.29, 1.82) is 0 Å². The summed E-state index contributed by atoms with van der Waals surface area (Å²) in [5.74, 6) is 0.102. The summed E-state index contributed by atoms with van der Waals surface area (Å²) >= 11 is 0. The van der Waals surface area contributed by atoms with Gasteiger partial charge in [-0.25, -0.2) is 0 Å². The maximum atomic E-state index is 11.1. The van der Waals surface area contributed by atoms with Gasteiger partial charge in [-0.3, -0.25) is 4.79 Å². The van der Waals surface area contributed by atoms with Gasteiger partial charge in [0.25, 0.3) is 0 Å². The summed E-state index contributed by atoms with van der Waals surface area (Å²) in [5, 5.41) is 0. The lowest BCUT2D eigenvalue weighted by Crippen LogP contribution is -2.09. The lowest BCUT2D eigenvalue weighted by atomic mass is 10.1. The molecule has 0 amide bonds. The third-order valence-corrected chi connectivity index (χ3v) is 3.32. The van der Waals surface area contributed by atoms with Crippen molar-refractivity contribution in [1.82, 2.24) is 0 Å². The van der Waals surface area contributed by atoms with E-state index in [9.17, 15) is 4.79 Å². The van der Waals surface area contributed by atoms with Crippen LogP contribution in [0.1, 0.15) is 26.3 Å². The number of anilines is 1. The molecular weight excluding hydrogens is 270 g/mol. The molecule has 2 nitrogen and oxygen atoms in total. The minimum absolute atomic E-state index is 0.102. The predicted octanol–water partition coefficient (Wildman–Crippen LogP) is 4.80. The van der Waals surface area contributed by atoms with Gasteiger partial charge in [0.15, 0.2) is 5.78 Å². The lowest BCUT2D eigenvalue weighted by molar-refractivity contribution is -0.113. The van der Waals surface area contributed by atoms with Crippen LogP contribution in [-0.2, 0) is 4.79 Å². The number of hydrogen-bond acceptors (Lipinski definition) is 2. The number of nitrogens with zero attached hydrogens (tertiary/aromatic N) is 1. The molecule has 116 valence electrons. The van der Waals surface area contributed by atoms with E-state index < -0.39 is 0 Å². The summed E-state index contributed by atoms with van der Waals surface area (Å²) in [5.41, 5.74) is 4.30. The van der Waals surface area contributed by atoms with Gasteiger partial charge < -0.3 is 4.90 Å². The van der Waals surface area contributed by atoms with E-state index in [0.29, 0.717) is 0 Å². The van der Waals surface area contributed by atoms with Crippen molar-refractivity contribution >= 4 is 17.5 Å². The van der Waals surface area contributed by atoms with Crippen molar-refractivity contribution in [3.63, 3.8) is 0 Å². The van der Waals surface area contributed by atoms with Gasteiger partial charge in [-0.2, -0.15) is 0 Å². The molecule has 0 unspecified atom stereocenters. The van der Waals surface area contributed by atoms with Gasteiger partial charge >= 0.3 is 0 Å². The molecule has 1 aromatic rings. The van der Waals surface area contributed by atoms with Gasteiger partial charge in [0.1, 0.15) is 0 Å². The molecule has 0 bridgehead atoms. The standard InChI is InChI=1S/C20H25NO/c1-16(10-6-7-11-17(2)18(3)22)14-15-19-12-8-9-13-20(19)21(4)5/h6-15H,1-5H3. The molecule has 22 heavy (non-hydrogen) atoms. The fraction of sp³-hybridized carbons (Fsp3) is 0.250. The molecule has 0 spiro atoms. The van der Waals surface area contributed by atoms with Crippen LogP contribution in [0.2, 0.25) is 0 Å². The normalized spacial score (nSPS) is 13.1. The molecule has 1 rings (SSSR count). The van der Waals surface area contributed by atoms with Gasteiger partial charge in [0.05, 0.1) is 0 Å². The number of para-hydroxylation sites is 1. The molecule has 0 atom stereocenters. The van der Waals surface area contributed by atoms with Crippen LogP contribution in [0.15, 0.2) is 65.8 Å². The van der Waals surface area contributed by atoms with Crippen LogP contribution in [0.5, 0.6) is 0 Å². The number of rotatable bonds is 6. The van der Waals surface area contributed by atoms with Crippen molar-refractivity contribution in [2.45, 2.75) is 20.8 Å². The van der Waals surface area contributed by atoms with E-state index in [1.165, 1.54) is 11.3 Å². The van der Waals surface area contributed by atoms with Crippen LogP contribution in [0.4, 0.5) is 5.69 Å². The second-order valence-corrected chi connectivity index (χ2v) is 5.49. The Morgan fingerprint density at radius 3 is 2.27 bits per heavy atom. The quantitative estimate of drug-likeness (QED) is 0.555. The molecule has 0 heterocycles. The van der Waals surface area contributed by atoms with Crippen molar-refractivity contribution in [3.05, 3.63) is 71.4 Å². The van der Waals surface area contributed by atoms with Crippen LogP contribution in [0, 0.1) is 0 Å². The Balaban J connectivity index is 2.78. The van der Waals surface area contributed by atoms with Gasteiger partial charge in [-0.15, -0.1) is 0 Å². The number of carbonyl (C=O) groups excluding carboxylic acids is 1. The molecule has 0 saturated heterocycles. The zero-order valence-corrected chi connectivity index (χ0v) is 14.1. The van der Waals surface area contributed by atoms with Gasteiger partial charge in [-0.05, 0) is 38.0 Å². The average Bonchev–Trinajstić information content (AvgIpc) is 2.49. The van der Waals surface area contributed by atoms with Crippen molar-refractivity contribution in [2.24, 2.45) is 0 Å². The number of carbonyl (C=O) groups is 1. The van der Waals surface area contributed by atoms with E-state index in [2.05, 4.69) is 36.1 Å². The fourth-order valence-corrected chi connectivity index (χ4v) is 1.84. The van der Waals surface area contributed by atoms with E-state index in [4.69, 9.17) is 0 Å². The summed E-state index contributed by atoms with van der Waals surface area (Å²) in [4.78, 5) is 13.2. The number of benzene rings is 1. The zero-order valence-electron chi connectivity index (χ0n) is 14.1. The SMILES string of the molecule is CC(=O)C(C)=CC=CC=C(C)C=Cc1ccccc1N(C)C. The molecule has 0 aliphatic rings. The summed E-state index contributed by atoms with van der Waals surface area (Å²) in [6.07, 6.45) is 11.9. The Labute approximate surface area is 134 Å². The molecule has 0 aromatic heterocycles. The molecule has 0 aliphatic carbocycles. The maximum Gasteiger partial charge on any atom is 0.155 e. The topological polar surface area (TPSA) is 20.3 Å². The van der Waals surface area contributed by atoms with Crippen molar-refractivity contribution < 1.29 is 4.79 Å². The Morgan fingerprint density at radius 2 is 1.64 bits per heavy atom. The minimum atomic E-state index is 0.102. The monoisotopic (exact) mass is 295 g/mol. The Kier molecular flexibility index (Phi) is 7.11. The van der Waals surface area contributed by atoms with Crippen LogP contribution in [-0.4, -0.2) is 19.9 Å². The summed E-state index contributed by atoms with van der Waals surface area (Å²) in [7, 11) is 4.09. The molecule has 0 radical (unpaired) electrons. The Bertz CT molecular complexity index is 631. The van der Waals surface area contributed by atoms with E-state index in [1.54, 1.807) is 6.92 Å². The summed E-state index contributed by atoms with van der Waals surface area (Å²) in [6.45, 7) is 5.45. The first-order chi connectivity index (χ1) is 10.4. The Hall–Kier alpha value is -2.35. The van der Waals surface area contributed by atoms with Crippen molar-refractivity contribution in [3.8, 4) is 0 Å². The number of ketones is 1. The molecule has 0 aliphatic heterocycles. The van der Waals surface area contributed by atoms with E-state index in [0.717, 1.165) is 11.1 Å². The van der Waals surface area contributed by atoms with Gasteiger partial charge in [-0.1, -0.05) is 60.2 Å². The highest BCUT2D eigenvalue weighted by atomic mass is 16.1. The molecule has 0 fully saturated rings. The largest absolute Gasteiger partial charge is 0.377 e. The van der Waals surface area contributed by atoms with Crippen LogP contribution < -0.4 is 4.90 Å². The summed E-state index contributed by atoms with van der Waals surface area (Å²) in [6, 6.07) is 8.30. The number of allylic oxidation sites excluding steroid dienone is 7. The minimum Gasteiger partial charge on any atom is -0.377 e. The van der Waals surface area contributed by atoms with E-state index in [1.807, 2.05) is 57.5 Å². The average molecular weight is 295 g/mol. The van der Waals surface area contributed by atoms with Crippen LogP contribution in [0.3, 0.4) is 0 Å². The third kappa shape index (κ3) is 5.96. The third-order valence-electron chi connectivity index (χ3n) is 3.32. The first kappa shape index (κ1) is 17.7. The molecule has 1 aromatic carbocycles. The lowest BCUT2D eigenvalue weighted by Gasteiger charge is -2.15. The first-order valence-electron chi connectivity index (χ1n) is 7.39. The molecular formula is C20H25NO. The zero-order chi connectivity index (χ0) is 16.5. The van der Waals surface area contributed by atoms with E-state index >= 15 is 0 Å². The smallest absolute Gasteiger partial charge is 0.155 e. The molecule has 2 heteroatoms. The van der Waals surface area contributed by atoms with Crippen LogP contribution in [0.25, 0.3) is 6.08 Å². The number of Topliss-reactive ketones (excluding diaryl/α,β-unsaturated/α-hetero) is 1. The van der Waals surface area contributed by atoms with E-state index in [-0.39, 0.29) is 5.78 Å². The highest BCUT2D eigenvalue weighted by Crippen LogP contribution is 2.19. The fourth-order valence-electron chi connectivity index (χ4n) is 1.84. The molecule has 0 saturated carbocycles. The van der Waals surface area contributed by atoms with Gasteiger partial charge in [0, 0.05) is 19.8 Å². The number of hydrogen-bond donors (Lipinski definition) is 0. The first-order valence-corrected chi connectivity index (χ1v) is 7.39. The maximum absolute atomic E-state index is 11.1. The Morgan fingerprint density at radius 1 is 1.00 bits per heavy atom. The second kappa shape index (κ2) is 8.83. The summed E-state index contributed by atoms with van der Waals surface area (Å²) < 4.78 is 0. The second-order valence-electron chi connectivity index (χ2n) is 5.49. The van der Waals surface area contributed by atoms with Crippen molar-refractivity contribution in [2.75, 3.05) is 19.0 Å². The molecule has 0 N–H and O–H groups in total. The highest BCUT2D eigenvalue weighted by Gasteiger charge is 1.99.